The molecule has 6 heteroatoms. The maximum absolute atomic E-state index is 10.8. The average Bonchev–Trinajstić information content (AvgIpc) is 2.75. The van der Waals surface area contributed by atoms with Crippen LogP contribution in [0.3, 0.4) is 0 Å². The molecule has 17 heavy (non-hydrogen) atoms. The molecule has 0 aliphatic carbocycles. The van der Waals surface area contributed by atoms with Crippen molar-refractivity contribution in [2.24, 2.45) is 0 Å². The van der Waals surface area contributed by atoms with Crippen LogP contribution in [0, 0.1) is 10.1 Å². The first-order valence-electron chi connectivity index (χ1n) is 4.94. The third kappa shape index (κ3) is 2.20. The zero-order chi connectivity index (χ0) is 12.3. The molecule has 2 aromatic rings. The van der Waals surface area contributed by atoms with Crippen molar-refractivity contribution >= 4 is 12.1 Å². The Morgan fingerprint density at radius 1 is 1.35 bits per heavy atom. The zero-order valence-electron chi connectivity index (χ0n) is 8.81. The molecule has 0 saturated carbocycles. The van der Waals surface area contributed by atoms with Gasteiger partial charge < -0.3 is 14.9 Å². The number of nitro groups is 1. The Kier molecular flexibility index (Phi) is 2.95. The van der Waals surface area contributed by atoms with E-state index < -0.39 is 4.92 Å². The lowest BCUT2D eigenvalue weighted by atomic mass is 10.2. The van der Waals surface area contributed by atoms with Crippen molar-refractivity contribution in [2.75, 3.05) is 0 Å². The third-order valence-electron chi connectivity index (χ3n) is 2.26. The van der Waals surface area contributed by atoms with Gasteiger partial charge in [0.05, 0.1) is 22.5 Å². The van der Waals surface area contributed by atoms with E-state index in [1.165, 1.54) is 10.9 Å². The van der Waals surface area contributed by atoms with Crippen LogP contribution in [0.1, 0.15) is 5.56 Å². The van der Waals surface area contributed by atoms with Crippen LogP contribution >= 0.6 is 0 Å². The normalized spacial score (nSPS) is 10.1. The number of para-hydroxylation sites is 1. The van der Waals surface area contributed by atoms with Crippen LogP contribution in [-0.2, 0) is 11.2 Å². The second-order valence-corrected chi connectivity index (χ2v) is 3.39. The highest BCUT2D eigenvalue weighted by Gasteiger charge is 2.20. The topological polar surface area (TPSA) is 78.0 Å². The standard InChI is InChI=1S/C11H9N3O3/c15-7-6-9-8-13(12-11(9)14(16)17)10-4-2-1-3-5-10/h1-5,7-8H,6H2. The van der Waals surface area contributed by atoms with E-state index in [-0.39, 0.29) is 12.2 Å². The summed E-state index contributed by atoms with van der Waals surface area (Å²) >= 11 is 0. The van der Waals surface area contributed by atoms with E-state index in [0.717, 1.165) is 0 Å². The molecule has 0 aliphatic rings. The number of carbonyl (C=O) groups is 1. The van der Waals surface area contributed by atoms with Gasteiger partial charge in [0.15, 0.2) is 0 Å². The van der Waals surface area contributed by atoms with Crippen molar-refractivity contribution < 1.29 is 9.72 Å². The smallest absolute Gasteiger partial charge is 0.358 e. The fraction of sp³-hybridized carbons (Fsp3) is 0.0909. The maximum Gasteiger partial charge on any atom is 0.394 e. The first-order valence-corrected chi connectivity index (χ1v) is 4.94. The Bertz CT molecular complexity index is 548. The predicted octanol–water partition coefficient (Wildman–Crippen LogP) is 1.52. The number of nitrogens with zero attached hydrogens (tertiary/aromatic N) is 3. The lowest BCUT2D eigenvalue weighted by Crippen LogP contribution is -1.96. The van der Waals surface area contributed by atoms with Crippen LogP contribution in [0.4, 0.5) is 5.82 Å². The van der Waals surface area contributed by atoms with Gasteiger partial charge in [-0.25, -0.2) is 0 Å². The molecule has 1 heterocycles. The molecule has 86 valence electrons. The monoisotopic (exact) mass is 231 g/mol. The fourth-order valence-electron chi connectivity index (χ4n) is 1.50. The summed E-state index contributed by atoms with van der Waals surface area (Å²) in [7, 11) is 0. The Morgan fingerprint density at radius 2 is 2.06 bits per heavy atom. The van der Waals surface area contributed by atoms with Crippen LogP contribution < -0.4 is 0 Å². The Balaban J connectivity index is 2.47. The van der Waals surface area contributed by atoms with Crippen LogP contribution in [0.2, 0.25) is 0 Å². The first-order chi connectivity index (χ1) is 8.22. The summed E-state index contributed by atoms with van der Waals surface area (Å²) in [4.78, 5) is 20.6. The Labute approximate surface area is 96.6 Å². The average molecular weight is 231 g/mol. The van der Waals surface area contributed by atoms with Gasteiger partial charge in [-0.15, -0.1) is 4.68 Å². The minimum absolute atomic E-state index is 0.0108. The summed E-state index contributed by atoms with van der Waals surface area (Å²) < 4.78 is 1.40. The number of aromatic nitrogens is 2. The number of hydrogen-bond donors (Lipinski definition) is 0. The van der Waals surface area contributed by atoms with Crippen LogP contribution in [0.15, 0.2) is 36.5 Å². The van der Waals surface area contributed by atoms with E-state index in [2.05, 4.69) is 5.10 Å². The summed E-state index contributed by atoms with van der Waals surface area (Å²) in [5.74, 6) is -0.277. The SMILES string of the molecule is O=CCc1cn(-c2ccccc2)nc1[N+](=O)[O-]. The lowest BCUT2D eigenvalue weighted by molar-refractivity contribution is -0.390. The van der Waals surface area contributed by atoms with Crippen molar-refractivity contribution in [3.8, 4) is 5.69 Å². The maximum atomic E-state index is 10.8. The summed E-state index contributed by atoms with van der Waals surface area (Å²) in [6.07, 6.45) is 2.12. The van der Waals surface area contributed by atoms with Gasteiger partial charge in [0, 0.05) is 6.42 Å². The number of hydrogen-bond acceptors (Lipinski definition) is 4. The number of aldehydes is 1. The lowest BCUT2D eigenvalue weighted by Gasteiger charge is -1.93. The van der Waals surface area contributed by atoms with Gasteiger partial charge in [0.2, 0.25) is 0 Å². The van der Waals surface area contributed by atoms with Crippen molar-refractivity contribution in [1.29, 1.82) is 0 Å². The molecule has 0 bridgehead atoms. The largest absolute Gasteiger partial charge is 0.394 e. The molecule has 2 rings (SSSR count). The molecule has 0 saturated heterocycles. The van der Waals surface area contributed by atoms with Gasteiger partial charge >= 0.3 is 5.82 Å². The molecule has 0 spiro atoms. The van der Waals surface area contributed by atoms with E-state index in [9.17, 15) is 14.9 Å². The van der Waals surface area contributed by atoms with E-state index >= 15 is 0 Å². The van der Waals surface area contributed by atoms with Crippen molar-refractivity contribution in [3.63, 3.8) is 0 Å². The zero-order valence-corrected chi connectivity index (χ0v) is 8.81. The van der Waals surface area contributed by atoms with E-state index in [0.29, 0.717) is 17.5 Å². The van der Waals surface area contributed by atoms with Gasteiger partial charge in [-0.05, 0) is 17.1 Å². The quantitative estimate of drug-likeness (QED) is 0.454. The Morgan fingerprint density at radius 3 is 2.65 bits per heavy atom. The molecular formula is C11H9N3O3. The summed E-state index contributed by atoms with van der Waals surface area (Å²) in [5, 5.41) is 14.6. The second-order valence-electron chi connectivity index (χ2n) is 3.39. The predicted molar refractivity (Wildman–Crippen MR) is 60.0 cm³/mol. The van der Waals surface area contributed by atoms with Crippen LogP contribution in [0.25, 0.3) is 5.69 Å². The molecule has 6 nitrogen and oxygen atoms in total. The molecule has 0 unspecified atom stereocenters. The molecule has 0 radical (unpaired) electrons. The summed E-state index contributed by atoms with van der Waals surface area (Å²) in [6.45, 7) is 0. The van der Waals surface area contributed by atoms with E-state index in [1.807, 2.05) is 18.2 Å². The van der Waals surface area contributed by atoms with Gasteiger partial charge in [-0.3, -0.25) is 0 Å². The minimum atomic E-state index is -0.585. The van der Waals surface area contributed by atoms with Gasteiger partial charge in [0.25, 0.3) is 0 Å². The molecule has 1 aromatic carbocycles. The van der Waals surface area contributed by atoms with Gasteiger partial charge in [0.1, 0.15) is 6.29 Å². The van der Waals surface area contributed by atoms with Crippen molar-refractivity contribution in [1.82, 2.24) is 9.78 Å². The number of benzene rings is 1. The molecule has 0 atom stereocenters. The van der Waals surface area contributed by atoms with E-state index in [1.54, 1.807) is 12.1 Å². The molecule has 0 fully saturated rings. The summed E-state index contributed by atoms with van der Waals surface area (Å²) in [6, 6.07) is 9.01. The van der Waals surface area contributed by atoms with Crippen molar-refractivity contribution in [2.45, 2.75) is 6.42 Å². The first kappa shape index (κ1) is 11.0. The molecule has 0 amide bonds. The number of carbonyl (C=O) groups excluding carboxylic acids is 1. The summed E-state index contributed by atoms with van der Waals surface area (Å²) in [5.41, 5.74) is 1.03. The molecule has 0 N–H and O–H groups in total. The Hall–Kier alpha value is -2.50. The molecule has 0 aliphatic heterocycles. The highest BCUT2D eigenvalue weighted by molar-refractivity contribution is 5.57. The van der Waals surface area contributed by atoms with Crippen LogP contribution in [-0.4, -0.2) is 21.0 Å². The highest BCUT2D eigenvalue weighted by Crippen LogP contribution is 2.18. The third-order valence-corrected chi connectivity index (χ3v) is 2.26. The van der Waals surface area contributed by atoms with Gasteiger partial charge in [-0.1, -0.05) is 18.2 Å². The minimum Gasteiger partial charge on any atom is -0.358 e. The second kappa shape index (κ2) is 4.56. The molecular weight excluding hydrogens is 222 g/mol. The van der Waals surface area contributed by atoms with Gasteiger partial charge in [-0.2, -0.15) is 0 Å². The fourth-order valence-corrected chi connectivity index (χ4v) is 1.50. The van der Waals surface area contributed by atoms with Crippen molar-refractivity contribution in [3.05, 3.63) is 52.2 Å². The highest BCUT2D eigenvalue weighted by atomic mass is 16.6. The van der Waals surface area contributed by atoms with Crippen LogP contribution in [0.5, 0.6) is 0 Å². The number of rotatable bonds is 4. The molecule has 1 aromatic heterocycles. The van der Waals surface area contributed by atoms with E-state index in [4.69, 9.17) is 0 Å².